The number of carbonyl (C=O) groups excluding carboxylic acids is 1. The van der Waals surface area contributed by atoms with Crippen LogP contribution >= 0.6 is 34.0 Å². The quantitative estimate of drug-likeness (QED) is 0.407. The smallest absolute Gasteiger partial charge is 0.338 e. The number of rotatable bonds is 5. The van der Waals surface area contributed by atoms with Crippen LogP contribution in [0.3, 0.4) is 0 Å². The van der Waals surface area contributed by atoms with Crippen molar-refractivity contribution < 1.29 is 9.53 Å². The van der Waals surface area contributed by atoms with Gasteiger partial charge in [-0.05, 0) is 35.9 Å². The lowest BCUT2D eigenvalue weighted by Crippen LogP contribution is -2.39. The minimum absolute atomic E-state index is 0.158. The second-order valence-corrected chi connectivity index (χ2v) is 9.93. The highest BCUT2D eigenvalue weighted by atomic mass is 32.1. The van der Waals surface area contributed by atoms with Crippen LogP contribution in [0.15, 0.2) is 80.7 Å². The number of ether oxygens (including phenoxy) is 1. The summed E-state index contributed by atoms with van der Waals surface area (Å²) in [4.78, 5) is 34.0. The molecule has 1 atom stereocenters. The van der Waals surface area contributed by atoms with E-state index in [1.807, 2.05) is 71.4 Å². The Bertz CT molecular complexity index is 1460. The molecule has 0 aliphatic carbocycles. The molecule has 0 spiro atoms. The number of aromatic nitrogens is 1. The monoisotopic (exact) mass is 478 g/mol. The lowest BCUT2D eigenvalue weighted by atomic mass is 9.97. The zero-order valence-electron chi connectivity index (χ0n) is 17.1. The highest BCUT2D eigenvalue weighted by Gasteiger charge is 2.35. The standard InChI is InChI=1S/C24H18N2O3S3/c1-2-29-23(28)19-20(15-8-4-3-5-9-15)25-24-26(21(19)17-11-7-13-31-17)22(27)18(32-24)14-16-10-6-12-30-16/h3-14,21H,2H2,1H3/b18-14-/t21-/m1/s1. The summed E-state index contributed by atoms with van der Waals surface area (Å²) in [6.45, 7) is 2.02. The molecule has 0 fully saturated rings. The van der Waals surface area contributed by atoms with Gasteiger partial charge in [-0.3, -0.25) is 9.36 Å². The molecule has 1 aromatic carbocycles. The molecule has 1 aliphatic heterocycles. The van der Waals surface area contributed by atoms with E-state index in [0.29, 0.717) is 20.6 Å². The van der Waals surface area contributed by atoms with E-state index < -0.39 is 12.0 Å². The van der Waals surface area contributed by atoms with Crippen molar-refractivity contribution in [1.82, 2.24) is 4.57 Å². The number of carbonyl (C=O) groups is 1. The molecule has 4 aromatic rings. The van der Waals surface area contributed by atoms with Gasteiger partial charge in [0.25, 0.3) is 5.56 Å². The number of nitrogens with zero attached hydrogens (tertiary/aromatic N) is 2. The van der Waals surface area contributed by atoms with Gasteiger partial charge in [-0.2, -0.15) is 0 Å². The summed E-state index contributed by atoms with van der Waals surface area (Å²) in [6.07, 6.45) is 1.89. The largest absolute Gasteiger partial charge is 0.463 e. The van der Waals surface area contributed by atoms with Crippen LogP contribution in [0.5, 0.6) is 0 Å². The van der Waals surface area contributed by atoms with Gasteiger partial charge in [0.05, 0.1) is 22.4 Å². The Labute approximate surface area is 195 Å². The lowest BCUT2D eigenvalue weighted by molar-refractivity contribution is -0.138. The van der Waals surface area contributed by atoms with Crippen LogP contribution in [-0.4, -0.2) is 17.1 Å². The molecule has 0 saturated carbocycles. The molecule has 0 saturated heterocycles. The average Bonchev–Trinajstić information content (AvgIpc) is 3.57. The van der Waals surface area contributed by atoms with Gasteiger partial charge in [0.2, 0.25) is 0 Å². The molecular weight excluding hydrogens is 460 g/mol. The van der Waals surface area contributed by atoms with E-state index in [9.17, 15) is 9.59 Å². The molecule has 1 aliphatic rings. The minimum atomic E-state index is -0.592. The molecule has 0 amide bonds. The number of thiophene rings is 2. The van der Waals surface area contributed by atoms with Crippen molar-refractivity contribution in [2.75, 3.05) is 6.61 Å². The van der Waals surface area contributed by atoms with Crippen molar-refractivity contribution in [2.24, 2.45) is 4.99 Å². The third kappa shape index (κ3) is 3.70. The summed E-state index contributed by atoms with van der Waals surface area (Å²) >= 11 is 4.42. The zero-order chi connectivity index (χ0) is 22.1. The van der Waals surface area contributed by atoms with Crippen molar-refractivity contribution in [3.63, 3.8) is 0 Å². The first-order valence-electron chi connectivity index (χ1n) is 10.0. The predicted molar refractivity (Wildman–Crippen MR) is 130 cm³/mol. The number of thiazole rings is 1. The molecule has 3 aromatic heterocycles. The van der Waals surface area contributed by atoms with Gasteiger partial charge < -0.3 is 4.74 Å². The molecule has 0 N–H and O–H groups in total. The fraction of sp³-hybridized carbons (Fsp3) is 0.125. The molecule has 32 heavy (non-hydrogen) atoms. The van der Waals surface area contributed by atoms with E-state index in [0.717, 1.165) is 15.3 Å². The third-order valence-corrected chi connectivity index (χ3v) is 7.73. The Morgan fingerprint density at radius 1 is 1.09 bits per heavy atom. The van der Waals surface area contributed by atoms with Gasteiger partial charge in [-0.25, -0.2) is 9.79 Å². The summed E-state index contributed by atoms with van der Waals surface area (Å²) < 4.78 is 7.66. The Balaban J connectivity index is 1.83. The summed E-state index contributed by atoms with van der Waals surface area (Å²) in [5, 5.41) is 3.92. The van der Waals surface area contributed by atoms with Crippen molar-refractivity contribution in [3.05, 3.63) is 106 Å². The summed E-state index contributed by atoms with van der Waals surface area (Å²) in [5.41, 5.74) is 1.59. The second kappa shape index (κ2) is 8.82. The third-order valence-electron chi connectivity index (χ3n) is 5.00. The molecule has 160 valence electrons. The SMILES string of the molecule is CCOC(=O)C1=C(c2ccccc2)N=c2s/c(=C\c3cccs3)c(=O)n2[C@@H]1c1cccs1. The van der Waals surface area contributed by atoms with E-state index in [2.05, 4.69) is 0 Å². The molecular formula is C24H18N2O3S3. The van der Waals surface area contributed by atoms with E-state index in [-0.39, 0.29) is 12.2 Å². The van der Waals surface area contributed by atoms with E-state index in [1.54, 1.807) is 22.8 Å². The number of esters is 1. The van der Waals surface area contributed by atoms with Crippen LogP contribution in [0, 0.1) is 0 Å². The van der Waals surface area contributed by atoms with Gasteiger partial charge in [0, 0.05) is 15.3 Å². The topological polar surface area (TPSA) is 60.7 Å². The van der Waals surface area contributed by atoms with Gasteiger partial charge in [-0.1, -0.05) is 53.8 Å². The van der Waals surface area contributed by atoms with Gasteiger partial charge in [0.15, 0.2) is 4.80 Å². The van der Waals surface area contributed by atoms with Crippen molar-refractivity contribution in [3.8, 4) is 0 Å². The maximum atomic E-state index is 13.5. The first kappa shape index (κ1) is 20.8. The van der Waals surface area contributed by atoms with Crippen LogP contribution in [0.2, 0.25) is 0 Å². The summed E-state index contributed by atoms with van der Waals surface area (Å²) in [5.74, 6) is -0.457. The maximum Gasteiger partial charge on any atom is 0.338 e. The molecule has 8 heteroatoms. The van der Waals surface area contributed by atoms with Gasteiger partial charge in [-0.15, -0.1) is 22.7 Å². The van der Waals surface area contributed by atoms with Crippen LogP contribution < -0.4 is 14.9 Å². The first-order chi connectivity index (χ1) is 15.7. The maximum absolute atomic E-state index is 13.5. The molecule has 5 rings (SSSR count). The number of fused-ring (bicyclic) bond motifs is 1. The predicted octanol–water partition coefficient (Wildman–Crippen LogP) is 4.06. The minimum Gasteiger partial charge on any atom is -0.463 e. The summed E-state index contributed by atoms with van der Waals surface area (Å²) in [6, 6.07) is 16.8. The van der Waals surface area contributed by atoms with Crippen LogP contribution in [0.1, 0.15) is 28.3 Å². The Morgan fingerprint density at radius 3 is 2.56 bits per heavy atom. The molecule has 4 heterocycles. The second-order valence-electron chi connectivity index (χ2n) is 6.96. The molecule has 5 nitrogen and oxygen atoms in total. The number of benzene rings is 1. The molecule has 0 bridgehead atoms. The van der Waals surface area contributed by atoms with Crippen LogP contribution in [0.4, 0.5) is 0 Å². The highest BCUT2D eigenvalue weighted by Crippen LogP contribution is 2.36. The number of hydrogen-bond acceptors (Lipinski definition) is 7. The van der Waals surface area contributed by atoms with Crippen molar-refractivity contribution in [1.29, 1.82) is 0 Å². The average molecular weight is 479 g/mol. The van der Waals surface area contributed by atoms with E-state index in [4.69, 9.17) is 9.73 Å². The van der Waals surface area contributed by atoms with Gasteiger partial charge >= 0.3 is 5.97 Å². The number of hydrogen-bond donors (Lipinski definition) is 0. The van der Waals surface area contributed by atoms with Gasteiger partial charge in [0.1, 0.15) is 6.04 Å². The normalized spacial score (nSPS) is 16.0. The Morgan fingerprint density at radius 2 is 1.88 bits per heavy atom. The zero-order valence-corrected chi connectivity index (χ0v) is 19.5. The van der Waals surface area contributed by atoms with E-state index >= 15 is 0 Å². The Kier molecular flexibility index (Phi) is 5.73. The molecule has 0 unspecified atom stereocenters. The highest BCUT2D eigenvalue weighted by molar-refractivity contribution is 7.11. The summed E-state index contributed by atoms with van der Waals surface area (Å²) in [7, 11) is 0. The van der Waals surface area contributed by atoms with Crippen molar-refractivity contribution in [2.45, 2.75) is 13.0 Å². The van der Waals surface area contributed by atoms with Crippen LogP contribution in [0.25, 0.3) is 11.8 Å². The lowest BCUT2D eigenvalue weighted by Gasteiger charge is -2.24. The fourth-order valence-electron chi connectivity index (χ4n) is 3.66. The van der Waals surface area contributed by atoms with Crippen molar-refractivity contribution >= 4 is 51.8 Å². The molecule has 0 radical (unpaired) electrons. The Hall–Kier alpha value is -3.07. The van der Waals surface area contributed by atoms with E-state index in [1.165, 1.54) is 22.7 Å². The van der Waals surface area contributed by atoms with Crippen LogP contribution in [-0.2, 0) is 9.53 Å². The first-order valence-corrected chi connectivity index (χ1v) is 12.6. The fourth-order valence-corrected chi connectivity index (χ4v) is 6.21.